The summed E-state index contributed by atoms with van der Waals surface area (Å²) >= 11 is 0. The van der Waals surface area contributed by atoms with Gasteiger partial charge in [0.15, 0.2) is 0 Å². The molecule has 0 aromatic heterocycles. The van der Waals surface area contributed by atoms with Crippen molar-refractivity contribution in [1.29, 1.82) is 0 Å². The Kier molecular flexibility index (Phi) is 5.25. The number of ether oxygens (including phenoxy) is 1. The van der Waals surface area contributed by atoms with Crippen LogP contribution in [-0.2, 0) is 11.3 Å². The van der Waals surface area contributed by atoms with Gasteiger partial charge in [-0.15, -0.1) is 0 Å². The summed E-state index contributed by atoms with van der Waals surface area (Å²) in [5.74, 6) is 0. The molecule has 2 N–H and O–H groups in total. The Hall–Kier alpha value is -1.55. The first-order chi connectivity index (χ1) is 7.33. The zero-order valence-corrected chi connectivity index (χ0v) is 8.82. The van der Waals surface area contributed by atoms with Crippen LogP contribution in [0.15, 0.2) is 30.3 Å². The van der Waals surface area contributed by atoms with E-state index in [9.17, 15) is 4.79 Å². The van der Waals surface area contributed by atoms with E-state index in [1.807, 2.05) is 37.4 Å². The van der Waals surface area contributed by atoms with E-state index in [0.29, 0.717) is 13.2 Å². The van der Waals surface area contributed by atoms with Crippen LogP contribution < -0.4 is 10.6 Å². The van der Waals surface area contributed by atoms with Gasteiger partial charge in [-0.25, -0.2) is 4.79 Å². The van der Waals surface area contributed by atoms with E-state index < -0.39 is 0 Å². The van der Waals surface area contributed by atoms with E-state index >= 15 is 0 Å². The SMILES string of the molecule is CNCCNC(=O)OCc1ccccc1. The highest BCUT2D eigenvalue weighted by molar-refractivity contribution is 5.67. The molecule has 1 aromatic rings. The van der Waals surface area contributed by atoms with Crippen LogP contribution >= 0.6 is 0 Å². The van der Waals surface area contributed by atoms with Crippen LogP contribution in [-0.4, -0.2) is 26.2 Å². The van der Waals surface area contributed by atoms with Crippen LogP contribution in [0, 0.1) is 0 Å². The highest BCUT2D eigenvalue weighted by atomic mass is 16.5. The molecule has 0 heterocycles. The summed E-state index contributed by atoms with van der Waals surface area (Å²) < 4.78 is 5.00. The molecular formula is C11H16N2O2. The highest BCUT2D eigenvalue weighted by Gasteiger charge is 2.00. The van der Waals surface area contributed by atoms with Crippen molar-refractivity contribution in [3.8, 4) is 0 Å². The minimum atomic E-state index is -0.380. The van der Waals surface area contributed by atoms with Gasteiger partial charge in [-0.3, -0.25) is 0 Å². The predicted octanol–water partition coefficient (Wildman–Crippen LogP) is 1.13. The fourth-order valence-corrected chi connectivity index (χ4v) is 1.06. The van der Waals surface area contributed by atoms with E-state index in [1.54, 1.807) is 0 Å². The average molecular weight is 208 g/mol. The molecule has 4 nitrogen and oxygen atoms in total. The second-order valence-electron chi connectivity index (χ2n) is 3.09. The van der Waals surface area contributed by atoms with Crippen molar-refractivity contribution < 1.29 is 9.53 Å². The molecule has 0 fully saturated rings. The molecule has 1 amide bonds. The predicted molar refractivity (Wildman–Crippen MR) is 58.6 cm³/mol. The molecule has 82 valence electrons. The molecule has 0 radical (unpaired) electrons. The lowest BCUT2D eigenvalue weighted by Gasteiger charge is -2.06. The number of nitrogens with one attached hydrogen (secondary N) is 2. The van der Waals surface area contributed by atoms with E-state index in [4.69, 9.17) is 4.74 Å². The maximum Gasteiger partial charge on any atom is 0.407 e. The van der Waals surface area contributed by atoms with Crippen molar-refractivity contribution in [2.45, 2.75) is 6.61 Å². The van der Waals surface area contributed by atoms with Crippen molar-refractivity contribution in [1.82, 2.24) is 10.6 Å². The second kappa shape index (κ2) is 6.84. The van der Waals surface area contributed by atoms with Gasteiger partial charge >= 0.3 is 6.09 Å². The fraction of sp³-hybridized carbons (Fsp3) is 0.364. The molecule has 15 heavy (non-hydrogen) atoms. The van der Waals surface area contributed by atoms with Crippen LogP contribution in [0.5, 0.6) is 0 Å². The van der Waals surface area contributed by atoms with Crippen LogP contribution in [0.3, 0.4) is 0 Å². The molecule has 0 saturated carbocycles. The molecule has 0 spiro atoms. The van der Waals surface area contributed by atoms with Crippen LogP contribution in [0.25, 0.3) is 0 Å². The van der Waals surface area contributed by atoms with Gasteiger partial charge in [-0.1, -0.05) is 30.3 Å². The number of carbonyl (C=O) groups is 1. The third-order valence-electron chi connectivity index (χ3n) is 1.86. The van der Waals surface area contributed by atoms with Gasteiger partial charge in [-0.2, -0.15) is 0 Å². The number of benzene rings is 1. The Balaban J connectivity index is 2.17. The van der Waals surface area contributed by atoms with Crippen molar-refractivity contribution >= 4 is 6.09 Å². The zero-order valence-electron chi connectivity index (χ0n) is 8.82. The third-order valence-corrected chi connectivity index (χ3v) is 1.86. The first-order valence-electron chi connectivity index (χ1n) is 4.92. The molecule has 4 heteroatoms. The lowest BCUT2D eigenvalue weighted by atomic mass is 10.2. The Morgan fingerprint density at radius 2 is 2.00 bits per heavy atom. The smallest absolute Gasteiger partial charge is 0.407 e. The van der Waals surface area contributed by atoms with Gasteiger partial charge in [0, 0.05) is 13.1 Å². The number of carbonyl (C=O) groups excluding carboxylic acids is 1. The topological polar surface area (TPSA) is 50.4 Å². The van der Waals surface area contributed by atoms with Gasteiger partial charge in [-0.05, 0) is 12.6 Å². The normalized spacial score (nSPS) is 9.67. The molecule has 0 bridgehead atoms. The van der Waals surface area contributed by atoms with Gasteiger partial charge in [0.1, 0.15) is 6.61 Å². The fourth-order valence-electron chi connectivity index (χ4n) is 1.06. The first kappa shape index (κ1) is 11.5. The summed E-state index contributed by atoms with van der Waals surface area (Å²) in [4.78, 5) is 11.1. The summed E-state index contributed by atoms with van der Waals surface area (Å²) in [7, 11) is 1.83. The first-order valence-corrected chi connectivity index (χ1v) is 4.92. The standard InChI is InChI=1S/C11H16N2O2/c1-12-7-8-13-11(14)15-9-10-5-3-2-4-6-10/h2-6,12H,7-9H2,1H3,(H,13,14). The van der Waals surface area contributed by atoms with Gasteiger partial charge in [0.05, 0.1) is 0 Å². The number of hydrogen-bond acceptors (Lipinski definition) is 3. The Labute approximate surface area is 89.6 Å². The summed E-state index contributed by atoms with van der Waals surface area (Å²) in [6.45, 7) is 1.62. The van der Waals surface area contributed by atoms with E-state index in [1.165, 1.54) is 0 Å². The van der Waals surface area contributed by atoms with Gasteiger partial charge in [0.2, 0.25) is 0 Å². The molecule has 0 saturated heterocycles. The van der Waals surface area contributed by atoms with E-state index in [-0.39, 0.29) is 6.09 Å². The molecule has 0 aliphatic heterocycles. The second-order valence-corrected chi connectivity index (χ2v) is 3.09. The molecular weight excluding hydrogens is 192 g/mol. The minimum Gasteiger partial charge on any atom is -0.445 e. The quantitative estimate of drug-likeness (QED) is 0.713. The Morgan fingerprint density at radius 1 is 1.27 bits per heavy atom. The molecule has 0 aliphatic carbocycles. The number of rotatable bonds is 5. The minimum absolute atomic E-state index is 0.312. The Morgan fingerprint density at radius 3 is 2.67 bits per heavy atom. The van der Waals surface area contributed by atoms with Crippen molar-refractivity contribution in [2.75, 3.05) is 20.1 Å². The average Bonchev–Trinajstić information content (AvgIpc) is 2.28. The van der Waals surface area contributed by atoms with E-state index in [2.05, 4.69) is 10.6 Å². The van der Waals surface area contributed by atoms with E-state index in [0.717, 1.165) is 12.1 Å². The molecule has 1 aromatic carbocycles. The molecule has 0 aliphatic rings. The highest BCUT2D eigenvalue weighted by Crippen LogP contribution is 2.00. The number of likely N-dealkylation sites (N-methyl/N-ethyl adjacent to an activating group) is 1. The monoisotopic (exact) mass is 208 g/mol. The summed E-state index contributed by atoms with van der Waals surface area (Å²) in [5.41, 5.74) is 0.987. The number of hydrogen-bond donors (Lipinski definition) is 2. The Bertz CT molecular complexity index is 288. The van der Waals surface area contributed by atoms with Crippen LogP contribution in [0.2, 0.25) is 0 Å². The third kappa shape index (κ3) is 5.02. The summed E-state index contributed by atoms with van der Waals surface area (Å²) in [5, 5.41) is 5.56. The van der Waals surface area contributed by atoms with Crippen molar-refractivity contribution in [3.63, 3.8) is 0 Å². The zero-order chi connectivity index (χ0) is 10.9. The lowest BCUT2D eigenvalue weighted by Crippen LogP contribution is -2.30. The van der Waals surface area contributed by atoms with Gasteiger partial charge in [0.25, 0.3) is 0 Å². The maximum atomic E-state index is 11.1. The number of amides is 1. The van der Waals surface area contributed by atoms with Crippen LogP contribution in [0.1, 0.15) is 5.56 Å². The maximum absolute atomic E-state index is 11.1. The van der Waals surface area contributed by atoms with Crippen molar-refractivity contribution in [3.05, 3.63) is 35.9 Å². The summed E-state index contributed by atoms with van der Waals surface area (Å²) in [6, 6.07) is 9.59. The number of alkyl carbamates (subject to hydrolysis) is 1. The molecule has 0 unspecified atom stereocenters. The molecule has 1 rings (SSSR count). The largest absolute Gasteiger partial charge is 0.445 e. The van der Waals surface area contributed by atoms with Crippen LogP contribution in [0.4, 0.5) is 4.79 Å². The summed E-state index contributed by atoms with van der Waals surface area (Å²) in [6.07, 6.45) is -0.380. The lowest BCUT2D eigenvalue weighted by molar-refractivity contribution is 0.140. The van der Waals surface area contributed by atoms with Gasteiger partial charge < -0.3 is 15.4 Å². The molecule has 0 atom stereocenters. The van der Waals surface area contributed by atoms with Crippen molar-refractivity contribution in [2.24, 2.45) is 0 Å².